The Balaban J connectivity index is 1.94. The fourth-order valence-electron chi connectivity index (χ4n) is 4.50. The number of methoxy groups -OCH3 is 2. The Kier molecular flexibility index (Phi) is 6.10. The summed E-state index contributed by atoms with van der Waals surface area (Å²) in [6.07, 6.45) is 4.30. The number of carbonyl (C=O) groups excluding carboxylic acids is 1. The summed E-state index contributed by atoms with van der Waals surface area (Å²) in [5.74, 6) is 1.36. The molecule has 2 fully saturated rings. The van der Waals surface area contributed by atoms with E-state index in [0.717, 1.165) is 24.2 Å². The molecule has 2 aliphatic rings. The quantitative estimate of drug-likeness (QED) is 0.675. The third-order valence-electron chi connectivity index (χ3n) is 6.46. The first-order valence-electron chi connectivity index (χ1n) is 9.93. The SMILES string of the molecule is COC(=O)N1C[C@@H](c2ccc(OC)c(OC3CCCC3)c2)[C@](C)([C@H](C)N=O)C1. The average Bonchev–Trinajstić information content (AvgIpc) is 3.35. The first kappa shape index (κ1) is 20.4. The molecule has 1 saturated heterocycles. The van der Waals surface area contributed by atoms with Crippen molar-refractivity contribution in [3.05, 3.63) is 28.7 Å². The molecule has 0 radical (unpaired) electrons. The van der Waals surface area contributed by atoms with E-state index >= 15 is 0 Å². The second kappa shape index (κ2) is 8.37. The van der Waals surface area contributed by atoms with E-state index < -0.39 is 11.5 Å². The number of hydrogen-bond acceptors (Lipinski definition) is 6. The zero-order valence-electron chi connectivity index (χ0n) is 17.1. The van der Waals surface area contributed by atoms with Crippen molar-refractivity contribution in [2.24, 2.45) is 10.6 Å². The smallest absolute Gasteiger partial charge is 0.409 e. The van der Waals surface area contributed by atoms with Gasteiger partial charge < -0.3 is 19.1 Å². The topological polar surface area (TPSA) is 77.4 Å². The van der Waals surface area contributed by atoms with Crippen LogP contribution >= 0.6 is 0 Å². The van der Waals surface area contributed by atoms with Crippen LogP contribution in [0.25, 0.3) is 0 Å². The van der Waals surface area contributed by atoms with Crippen molar-refractivity contribution in [1.29, 1.82) is 0 Å². The van der Waals surface area contributed by atoms with Crippen molar-refractivity contribution < 1.29 is 19.0 Å². The molecule has 1 aromatic rings. The molecule has 1 heterocycles. The molecule has 0 bridgehead atoms. The Bertz CT molecular complexity index is 719. The van der Waals surface area contributed by atoms with Crippen LogP contribution in [0.1, 0.15) is 51.0 Å². The minimum atomic E-state index is -0.491. The van der Waals surface area contributed by atoms with Gasteiger partial charge in [-0.2, -0.15) is 4.91 Å². The number of nitrogens with zero attached hydrogens (tertiary/aromatic N) is 2. The van der Waals surface area contributed by atoms with Crippen LogP contribution in [-0.2, 0) is 4.74 Å². The van der Waals surface area contributed by atoms with Gasteiger partial charge in [0.25, 0.3) is 0 Å². The zero-order valence-corrected chi connectivity index (χ0v) is 17.1. The van der Waals surface area contributed by atoms with E-state index in [4.69, 9.17) is 14.2 Å². The second-order valence-electron chi connectivity index (χ2n) is 8.12. The number of rotatable bonds is 6. The number of carbonyl (C=O) groups is 1. The summed E-state index contributed by atoms with van der Waals surface area (Å²) in [7, 11) is 3.00. The molecule has 1 aliphatic heterocycles. The highest BCUT2D eigenvalue weighted by molar-refractivity contribution is 5.68. The molecule has 154 valence electrons. The molecular weight excluding hydrogens is 360 g/mol. The lowest BCUT2D eigenvalue weighted by molar-refractivity contribution is 0.126. The molecule has 0 aromatic heterocycles. The van der Waals surface area contributed by atoms with Crippen LogP contribution in [0.5, 0.6) is 11.5 Å². The summed E-state index contributed by atoms with van der Waals surface area (Å²) < 4.78 is 16.6. The molecule has 7 nitrogen and oxygen atoms in total. The van der Waals surface area contributed by atoms with Gasteiger partial charge in [-0.05, 0) is 50.3 Å². The van der Waals surface area contributed by atoms with Crippen LogP contribution < -0.4 is 9.47 Å². The van der Waals surface area contributed by atoms with Crippen molar-refractivity contribution in [2.75, 3.05) is 27.3 Å². The van der Waals surface area contributed by atoms with Gasteiger partial charge in [0, 0.05) is 24.4 Å². The van der Waals surface area contributed by atoms with Crippen molar-refractivity contribution in [3.8, 4) is 11.5 Å². The largest absolute Gasteiger partial charge is 0.493 e. The van der Waals surface area contributed by atoms with Crippen LogP contribution in [0, 0.1) is 10.3 Å². The maximum Gasteiger partial charge on any atom is 0.409 e. The van der Waals surface area contributed by atoms with E-state index in [-0.39, 0.29) is 18.1 Å². The van der Waals surface area contributed by atoms with Crippen molar-refractivity contribution >= 4 is 6.09 Å². The molecule has 3 rings (SSSR count). The first-order chi connectivity index (χ1) is 13.4. The number of ether oxygens (including phenoxy) is 3. The number of hydrogen-bond donors (Lipinski definition) is 0. The van der Waals surface area contributed by atoms with Crippen LogP contribution in [0.3, 0.4) is 0 Å². The molecule has 1 aliphatic carbocycles. The lowest BCUT2D eigenvalue weighted by Crippen LogP contribution is -2.37. The van der Waals surface area contributed by atoms with E-state index in [2.05, 4.69) is 5.18 Å². The normalized spacial score (nSPS) is 26.1. The van der Waals surface area contributed by atoms with Crippen LogP contribution in [0.15, 0.2) is 23.4 Å². The Hall–Kier alpha value is -2.31. The van der Waals surface area contributed by atoms with Crippen molar-refractivity contribution in [3.63, 3.8) is 0 Å². The zero-order chi connectivity index (χ0) is 20.3. The van der Waals surface area contributed by atoms with E-state index in [9.17, 15) is 9.70 Å². The number of benzene rings is 1. The van der Waals surface area contributed by atoms with Crippen LogP contribution in [0.4, 0.5) is 4.79 Å². The van der Waals surface area contributed by atoms with Gasteiger partial charge >= 0.3 is 6.09 Å². The van der Waals surface area contributed by atoms with Crippen LogP contribution in [0.2, 0.25) is 0 Å². The third-order valence-corrected chi connectivity index (χ3v) is 6.46. The minimum Gasteiger partial charge on any atom is -0.493 e. The lowest BCUT2D eigenvalue weighted by atomic mass is 9.71. The second-order valence-corrected chi connectivity index (χ2v) is 8.12. The summed E-state index contributed by atoms with van der Waals surface area (Å²) >= 11 is 0. The summed E-state index contributed by atoms with van der Waals surface area (Å²) in [5.41, 5.74) is 0.521. The molecule has 28 heavy (non-hydrogen) atoms. The average molecular weight is 390 g/mol. The fraction of sp³-hybridized carbons (Fsp3) is 0.667. The first-order valence-corrected chi connectivity index (χ1v) is 9.93. The third kappa shape index (κ3) is 3.80. The predicted octanol–water partition coefficient (Wildman–Crippen LogP) is 4.34. The number of likely N-dealkylation sites (tertiary alicyclic amines) is 1. The van der Waals surface area contributed by atoms with Gasteiger partial charge in [-0.1, -0.05) is 18.2 Å². The number of nitroso groups, excluding NO2 is 1. The van der Waals surface area contributed by atoms with Gasteiger partial charge in [0.1, 0.15) is 0 Å². The summed E-state index contributed by atoms with van der Waals surface area (Å²) in [5, 5.41) is 3.29. The molecule has 0 N–H and O–H groups in total. The Morgan fingerprint density at radius 3 is 2.57 bits per heavy atom. The maximum absolute atomic E-state index is 12.1. The highest BCUT2D eigenvalue weighted by Crippen LogP contribution is 2.48. The maximum atomic E-state index is 12.1. The Labute approximate surface area is 166 Å². The molecule has 0 unspecified atom stereocenters. The molecule has 1 aromatic carbocycles. The molecule has 7 heteroatoms. The van der Waals surface area contributed by atoms with E-state index in [0.29, 0.717) is 18.8 Å². The summed E-state index contributed by atoms with van der Waals surface area (Å²) in [4.78, 5) is 25.2. The van der Waals surface area contributed by atoms with Gasteiger partial charge in [-0.15, -0.1) is 0 Å². The fourth-order valence-corrected chi connectivity index (χ4v) is 4.50. The lowest BCUT2D eigenvalue weighted by Gasteiger charge is -2.33. The number of amides is 1. The van der Waals surface area contributed by atoms with Crippen LogP contribution in [-0.4, -0.2) is 50.4 Å². The van der Waals surface area contributed by atoms with Gasteiger partial charge in [-0.3, -0.25) is 0 Å². The van der Waals surface area contributed by atoms with E-state index in [1.165, 1.54) is 20.0 Å². The molecule has 3 atom stereocenters. The Morgan fingerprint density at radius 1 is 1.25 bits per heavy atom. The van der Waals surface area contributed by atoms with Gasteiger partial charge in [-0.25, -0.2) is 4.79 Å². The molecule has 0 spiro atoms. The van der Waals surface area contributed by atoms with Gasteiger partial charge in [0.05, 0.1) is 26.4 Å². The molecule has 1 saturated carbocycles. The Morgan fingerprint density at radius 2 is 1.96 bits per heavy atom. The van der Waals surface area contributed by atoms with E-state index in [1.54, 1.807) is 18.9 Å². The van der Waals surface area contributed by atoms with Gasteiger partial charge in [0.15, 0.2) is 11.5 Å². The minimum absolute atomic E-state index is 0.0591. The monoisotopic (exact) mass is 390 g/mol. The standard InChI is InChI=1S/C21H30N2O5/c1-14(22-25)21(2)13-23(20(24)27-4)12-17(21)15-9-10-18(26-3)19(11-15)28-16-7-5-6-8-16/h9-11,14,16-17H,5-8,12-13H2,1-4H3/t14-,17-,21-/m0/s1. The molecular formula is C21H30N2O5. The highest BCUT2D eigenvalue weighted by Gasteiger charge is 2.50. The van der Waals surface area contributed by atoms with Crippen molar-refractivity contribution in [1.82, 2.24) is 4.90 Å². The predicted molar refractivity (Wildman–Crippen MR) is 106 cm³/mol. The summed E-state index contributed by atoms with van der Waals surface area (Å²) in [6, 6.07) is 5.44. The summed E-state index contributed by atoms with van der Waals surface area (Å²) in [6.45, 7) is 4.70. The molecule has 1 amide bonds. The highest BCUT2D eigenvalue weighted by atomic mass is 16.5. The van der Waals surface area contributed by atoms with Crippen molar-refractivity contribution in [2.45, 2.75) is 57.6 Å². The van der Waals surface area contributed by atoms with E-state index in [1.807, 2.05) is 25.1 Å². The van der Waals surface area contributed by atoms with Gasteiger partial charge in [0.2, 0.25) is 0 Å².